The average molecular weight is 360 g/mol. The number of para-hydroxylation sites is 1. The largest absolute Gasteiger partial charge is 0.337 e. The number of hydrogen-bond acceptors (Lipinski definition) is 4. The van der Waals surface area contributed by atoms with Gasteiger partial charge in [0.25, 0.3) is 5.91 Å². The zero-order valence-corrected chi connectivity index (χ0v) is 15.3. The zero-order valence-electron chi connectivity index (χ0n) is 15.3. The van der Waals surface area contributed by atoms with Crippen LogP contribution in [0.5, 0.6) is 0 Å². The minimum Gasteiger partial charge on any atom is -0.337 e. The number of amides is 1. The fourth-order valence-corrected chi connectivity index (χ4v) is 3.08. The van der Waals surface area contributed by atoms with E-state index in [1.165, 1.54) is 0 Å². The van der Waals surface area contributed by atoms with Crippen molar-refractivity contribution in [2.75, 3.05) is 7.05 Å². The van der Waals surface area contributed by atoms with Gasteiger partial charge in [0.2, 0.25) is 0 Å². The fourth-order valence-electron chi connectivity index (χ4n) is 3.08. The minimum absolute atomic E-state index is 0.0170. The molecule has 0 unspecified atom stereocenters. The second-order valence-electron chi connectivity index (χ2n) is 6.62. The molecule has 0 radical (unpaired) electrons. The Labute approximate surface area is 156 Å². The highest BCUT2D eigenvalue weighted by molar-refractivity contribution is 5.94. The van der Waals surface area contributed by atoms with Gasteiger partial charge < -0.3 is 4.90 Å². The van der Waals surface area contributed by atoms with E-state index in [9.17, 15) is 4.79 Å². The van der Waals surface area contributed by atoms with E-state index < -0.39 is 0 Å². The van der Waals surface area contributed by atoms with Crippen LogP contribution in [0.25, 0.3) is 11.0 Å². The van der Waals surface area contributed by atoms with E-state index >= 15 is 0 Å². The minimum atomic E-state index is -0.0170. The van der Waals surface area contributed by atoms with Gasteiger partial charge in [0.05, 0.1) is 18.3 Å². The maximum absolute atomic E-state index is 12.6. The van der Waals surface area contributed by atoms with E-state index in [2.05, 4.69) is 15.4 Å². The Morgan fingerprint density at radius 2 is 1.85 bits per heavy atom. The molecule has 0 bridgehead atoms. The van der Waals surface area contributed by atoms with E-state index in [4.69, 9.17) is 0 Å². The highest BCUT2D eigenvalue weighted by atomic mass is 16.2. The van der Waals surface area contributed by atoms with E-state index in [1.807, 2.05) is 66.5 Å². The first-order chi connectivity index (χ1) is 13.1. The van der Waals surface area contributed by atoms with Gasteiger partial charge in [-0.15, -0.1) is 5.10 Å². The Morgan fingerprint density at radius 3 is 2.59 bits per heavy atom. The molecule has 136 valence electrons. The van der Waals surface area contributed by atoms with Gasteiger partial charge in [0.1, 0.15) is 5.52 Å². The molecule has 2 aromatic heterocycles. The van der Waals surface area contributed by atoms with Crippen LogP contribution in [-0.2, 0) is 20.1 Å². The highest BCUT2D eigenvalue weighted by Gasteiger charge is 2.13. The quantitative estimate of drug-likeness (QED) is 0.548. The second kappa shape index (κ2) is 7.03. The molecule has 0 aliphatic rings. The van der Waals surface area contributed by atoms with Crippen LogP contribution in [0.4, 0.5) is 0 Å². The molecule has 1 amide bonds. The number of aryl methyl sites for hydroxylation is 1. The van der Waals surface area contributed by atoms with Crippen molar-refractivity contribution < 1.29 is 4.79 Å². The molecule has 2 aromatic carbocycles. The number of rotatable bonds is 5. The van der Waals surface area contributed by atoms with Crippen molar-refractivity contribution in [3.05, 3.63) is 77.6 Å². The van der Waals surface area contributed by atoms with E-state index in [0.29, 0.717) is 18.7 Å². The molecule has 0 aliphatic heterocycles. The molecule has 4 aromatic rings. The third kappa shape index (κ3) is 3.57. The Kier molecular flexibility index (Phi) is 4.42. The van der Waals surface area contributed by atoms with Crippen LogP contribution in [-0.4, -0.2) is 42.6 Å². The van der Waals surface area contributed by atoms with Crippen LogP contribution in [0, 0.1) is 0 Å². The van der Waals surface area contributed by atoms with Crippen LogP contribution < -0.4 is 0 Å². The first-order valence-corrected chi connectivity index (χ1v) is 8.70. The number of carbonyl (C=O) groups is 1. The smallest absolute Gasteiger partial charge is 0.253 e. The van der Waals surface area contributed by atoms with Gasteiger partial charge >= 0.3 is 0 Å². The summed E-state index contributed by atoms with van der Waals surface area (Å²) in [5.74, 6) is -0.0170. The Morgan fingerprint density at radius 1 is 1.07 bits per heavy atom. The lowest BCUT2D eigenvalue weighted by Gasteiger charge is -2.16. The number of benzene rings is 2. The van der Waals surface area contributed by atoms with Gasteiger partial charge in [0.15, 0.2) is 0 Å². The van der Waals surface area contributed by atoms with Crippen LogP contribution >= 0.6 is 0 Å². The van der Waals surface area contributed by atoms with Gasteiger partial charge in [-0.25, -0.2) is 4.68 Å². The Balaban J connectivity index is 1.45. The molecular weight excluding hydrogens is 340 g/mol. The third-order valence-corrected chi connectivity index (χ3v) is 4.48. The van der Waals surface area contributed by atoms with E-state index in [1.54, 1.807) is 22.8 Å². The summed E-state index contributed by atoms with van der Waals surface area (Å²) in [7, 11) is 3.66. The number of fused-ring (bicyclic) bond motifs is 1. The van der Waals surface area contributed by atoms with Crippen molar-refractivity contribution in [2.24, 2.45) is 7.05 Å². The molecule has 4 rings (SSSR count). The molecule has 0 fully saturated rings. The van der Waals surface area contributed by atoms with Crippen molar-refractivity contribution >= 4 is 16.9 Å². The van der Waals surface area contributed by atoms with Gasteiger partial charge in [-0.2, -0.15) is 5.10 Å². The molecule has 0 atom stereocenters. The molecule has 0 saturated carbocycles. The number of aromatic nitrogens is 5. The molecule has 2 heterocycles. The summed E-state index contributed by atoms with van der Waals surface area (Å²) >= 11 is 0. The molecule has 0 N–H and O–H groups in total. The van der Waals surface area contributed by atoms with Gasteiger partial charge in [-0.05, 0) is 29.8 Å². The maximum Gasteiger partial charge on any atom is 0.253 e. The molecule has 27 heavy (non-hydrogen) atoms. The van der Waals surface area contributed by atoms with E-state index in [-0.39, 0.29) is 5.91 Å². The predicted molar refractivity (Wildman–Crippen MR) is 102 cm³/mol. The van der Waals surface area contributed by atoms with Gasteiger partial charge in [-0.1, -0.05) is 29.5 Å². The summed E-state index contributed by atoms with van der Waals surface area (Å²) in [4.78, 5) is 14.3. The first-order valence-electron chi connectivity index (χ1n) is 8.70. The summed E-state index contributed by atoms with van der Waals surface area (Å²) in [5.41, 5.74) is 4.60. The first kappa shape index (κ1) is 17.0. The normalized spacial score (nSPS) is 11.0. The Bertz CT molecular complexity index is 1080. The summed E-state index contributed by atoms with van der Waals surface area (Å²) in [6.07, 6.45) is 3.69. The number of nitrogens with zero attached hydrogens (tertiary/aromatic N) is 6. The van der Waals surface area contributed by atoms with Crippen molar-refractivity contribution in [3.8, 4) is 0 Å². The molecule has 0 aliphatic carbocycles. The van der Waals surface area contributed by atoms with Crippen molar-refractivity contribution in [3.63, 3.8) is 0 Å². The summed E-state index contributed by atoms with van der Waals surface area (Å²) < 4.78 is 3.59. The molecule has 7 nitrogen and oxygen atoms in total. The fraction of sp³-hybridized carbons (Fsp3) is 0.200. The highest BCUT2D eigenvalue weighted by Crippen LogP contribution is 2.14. The average Bonchev–Trinajstić information content (AvgIpc) is 3.28. The lowest BCUT2D eigenvalue weighted by molar-refractivity contribution is 0.0785. The topological polar surface area (TPSA) is 68.8 Å². The standard InChI is InChI=1S/C20H20N6O/c1-24(12-16-11-21-25(2)13-16)20(27)17-9-7-15(8-10-17)14-26-19-6-4-3-5-18(19)22-23-26/h3-11,13H,12,14H2,1-2H3. The molecular formula is C20H20N6O. The SMILES string of the molecule is CN(Cc1cnn(C)c1)C(=O)c1ccc(Cn2nnc3ccccc32)cc1. The van der Waals surface area contributed by atoms with Crippen molar-refractivity contribution in [2.45, 2.75) is 13.1 Å². The van der Waals surface area contributed by atoms with E-state index in [0.717, 1.165) is 22.2 Å². The molecule has 0 spiro atoms. The molecule has 7 heteroatoms. The van der Waals surface area contributed by atoms with Gasteiger partial charge in [0, 0.05) is 38.0 Å². The predicted octanol–water partition coefficient (Wildman–Crippen LogP) is 2.49. The second-order valence-corrected chi connectivity index (χ2v) is 6.62. The zero-order chi connectivity index (χ0) is 18.8. The summed E-state index contributed by atoms with van der Waals surface area (Å²) in [5, 5.41) is 12.5. The van der Waals surface area contributed by atoms with Crippen molar-refractivity contribution in [1.82, 2.24) is 29.7 Å². The van der Waals surface area contributed by atoms with Crippen LogP contribution in [0.2, 0.25) is 0 Å². The Hall–Kier alpha value is -3.48. The number of carbonyl (C=O) groups excluding carboxylic acids is 1. The molecule has 0 saturated heterocycles. The number of hydrogen-bond donors (Lipinski definition) is 0. The maximum atomic E-state index is 12.6. The summed E-state index contributed by atoms with van der Waals surface area (Å²) in [6.45, 7) is 1.14. The van der Waals surface area contributed by atoms with Crippen molar-refractivity contribution in [1.29, 1.82) is 0 Å². The third-order valence-electron chi connectivity index (χ3n) is 4.48. The van der Waals surface area contributed by atoms with Crippen LogP contribution in [0.3, 0.4) is 0 Å². The summed E-state index contributed by atoms with van der Waals surface area (Å²) in [6, 6.07) is 15.5. The lowest BCUT2D eigenvalue weighted by atomic mass is 10.1. The van der Waals surface area contributed by atoms with Gasteiger partial charge in [-0.3, -0.25) is 9.48 Å². The lowest BCUT2D eigenvalue weighted by Crippen LogP contribution is -2.26. The van der Waals surface area contributed by atoms with Crippen LogP contribution in [0.15, 0.2) is 60.9 Å². The van der Waals surface area contributed by atoms with Crippen LogP contribution in [0.1, 0.15) is 21.5 Å². The monoisotopic (exact) mass is 360 g/mol.